The lowest BCUT2D eigenvalue weighted by Crippen LogP contribution is -2.45. The number of nitrogens with zero attached hydrogens (tertiary/aromatic N) is 3. The van der Waals surface area contributed by atoms with Gasteiger partial charge in [-0.1, -0.05) is 61.6 Å². The van der Waals surface area contributed by atoms with Crippen molar-refractivity contribution in [2.24, 2.45) is 16.8 Å². The summed E-state index contributed by atoms with van der Waals surface area (Å²) in [6.07, 6.45) is 5.90. The van der Waals surface area contributed by atoms with Crippen LogP contribution in [0.5, 0.6) is 0 Å². The van der Waals surface area contributed by atoms with Crippen molar-refractivity contribution < 1.29 is 23.1 Å². The second-order valence-corrected chi connectivity index (χ2v) is 9.76. The molecule has 0 saturated heterocycles. The van der Waals surface area contributed by atoms with Gasteiger partial charge in [-0.2, -0.15) is 13.2 Å². The van der Waals surface area contributed by atoms with Crippen molar-refractivity contribution in [3.63, 3.8) is 0 Å². The van der Waals surface area contributed by atoms with E-state index in [1.54, 1.807) is 24.5 Å². The summed E-state index contributed by atoms with van der Waals surface area (Å²) in [6, 6.07) is 9.63. The number of alkyl halides is 3. The number of amides is 1. The predicted octanol–water partition coefficient (Wildman–Crippen LogP) is 4.93. The lowest BCUT2D eigenvalue weighted by molar-refractivity contribution is -0.165. The number of pyridine rings is 2. The molecule has 0 fully saturated rings. The monoisotopic (exact) mass is 547 g/mol. The zero-order valence-corrected chi connectivity index (χ0v) is 21.6. The molecule has 5 rings (SSSR count). The lowest BCUT2D eigenvalue weighted by Gasteiger charge is -2.33. The molecule has 206 valence electrons. The van der Waals surface area contributed by atoms with Crippen LogP contribution in [0.15, 0.2) is 102 Å². The fourth-order valence-electron chi connectivity index (χ4n) is 5.14. The van der Waals surface area contributed by atoms with Gasteiger partial charge in [0.15, 0.2) is 0 Å². The molecule has 1 aromatic carbocycles. The average Bonchev–Trinajstić information content (AvgIpc) is 3.21. The molecule has 3 N–H and O–H groups in total. The third kappa shape index (κ3) is 5.73. The molecular weight excluding hydrogens is 519 g/mol. The van der Waals surface area contributed by atoms with Gasteiger partial charge in [-0.25, -0.2) is 4.99 Å². The van der Waals surface area contributed by atoms with Gasteiger partial charge in [0, 0.05) is 36.4 Å². The van der Waals surface area contributed by atoms with Crippen molar-refractivity contribution in [2.75, 3.05) is 0 Å². The Kier molecular flexibility index (Phi) is 7.90. The van der Waals surface area contributed by atoms with Crippen LogP contribution in [0.1, 0.15) is 30.6 Å². The number of benzene rings is 1. The molecule has 4 atom stereocenters. The highest BCUT2D eigenvalue weighted by Crippen LogP contribution is 2.38. The first-order chi connectivity index (χ1) is 19.2. The van der Waals surface area contributed by atoms with Crippen LogP contribution in [-0.4, -0.2) is 39.1 Å². The average molecular weight is 548 g/mol. The molecule has 0 bridgehead atoms. The number of hydrogen-bond donors (Lipinski definition) is 3. The number of carbonyl (C=O) groups is 1. The van der Waals surface area contributed by atoms with Gasteiger partial charge in [0.25, 0.3) is 5.91 Å². The van der Waals surface area contributed by atoms with E-state index in [1.165, 1.54) is 24.4 Å². The fraction of sp³-hybridized carbons (Fsp3) is 0.267. The van der Waals surface area contributed by atoms with Gasteiger partial charge in [-0.15, -0.1) is 0 Å². The number of aliphatic imine (C=N–C) groups is 1. The molecule has 2 aliphatic rings. The summed E-state index contributed by atoms with van der Waals surface area (Å²) in [6.45, 7) is 2.05. The Morgan fingerprint density at radius 3 is 2.70 bits per heavy atom. The standard InChI is InChI=1S/C30H28F3N5O2/c1-18-21-10-3-2-4-12-23(21)26(29(40)38-27(30(31,32)33)24-13-7-8-14-35-24)37-25(18)28(39)36-17-20-16-34-15-19-9-5-6-11-22(19)20/h2-9,11-16,18,21,27,29,38,40H,10,17H2,1H3,(H,36,39)/t18-,21?,27?,29?/m0/s1. The third-order valence-electron chi connectivity index (χ3n) is 7.20. The number of carbonyl (C=O) groups excluding carboxylic acids is 1. The Bertz CT molecular complexity index is 1510. The van der Waals surface area contributed by atoms with Gasteiger partial charge >= 0.3 is 6.18 Å². The summed E-state index contributed by atoms with van der Waals surface area (Å²) >= 11 is 0. The topological polar surface area (TPSA) is 99.5 Å². The first kappa shape index (κ1) is 27.4. The maximum atomic E-state index is 14.0. The number of allylic oxidation sites excluding steroid dienone is 5. The lowest BCUT2D eigenvalue weighted by atomic mass is 9.78. The number of halogens is 3. The molecule has 3 aromatic rings. The van der Waals surface area contributed by atoms with Gasteiger partial charge < -0.3 is 10.4 Å². The number of rotatable bonds is 7. The minimum absolute atomic E-state index is 0.0230. The van der Waals surface area contributed by atoms with E-state index in [0.717, 1.165) is 16.3 Å². The van der Waals surface area contributed by atoms with Crippen molar-refractivity contribution in [1.82, 2.24) is 20.6 Å². The molecule has 0 saturated carbocycles. The van der Waals surface area contributed by atoms with Crippen molar-refractivity contribution in [1.29, 1.82) is 0 Å². The smallest absolute Gasteiger partial charge is 0.373 e. The number of aliphatic hydroxyl groups excluding tert-OH is 1. The first-order valence-corrected chi connectivity index (χ1v) is 12.9. The Morgan fingerprint density at radius 2 is 1.93 bits per heavy atom. The van der Waals surface area contributed by atoms with Gasteiger partial charge in [0.2, 0.25) is 0 Å². The maximum absolute atomic E-state index is 14.0. The SMILES string of the molecule is C[C@@H]1C(C(=O)NCc2cncc3ccccc23)=NC(C(O)NC(c2ccccn2)C(F)(F)F)=C2C=CC=CCC21. The van der Waals surface area contributed by atoms with Crippen LogP contribution in [-0.2, 0) is 11.3 Å². The highest BCUT2D eigenvalue weighted by molar-refractivity contribution is 6.40. The number of nitrogens with one attached hydrogen (secondary N) is 2. The summed E-state index contributed by atoms with van der Waals surface area (Å²) in [4.78, 5) is 26.0. The summed E-state index contributed by atoms with van der Waals surface area (Å²) in [5, 5.41) is 18.1. The first-order valence-electron chi connectivity index (χ1n) is 12.9. The summed E-state index contributed by atoms with van der Waals surface area (Å²) in [5.74, 6) is -1.07. The van der Waals surface area contributed by atoms with E-state index < -0.39 is 24.4 Å². The Hall–Kier alpha value is -4.15. The number of hydrogen-bond acceptors (Lipinski definition) is 6. The minimum atomic E-state index is -4.74. The molecule has 1 aliphatic carbocycles. The van der Waals surface area contributed by atoms with E-state index in [4.69, 9.17) is 0 Å². The second-order valence-electron chi connectivity index (χ2n) is 9.76. The van der Waals surface area contributed by atoms with E-state index >= 15 is 0 Å². The summed E-state index contributed by atoms with van der Waals surface area (Å²) in [5.41, 5.74) is 1.23. The highest BCUT2D eigenvalue weighted by atomic mass is 19.4. The highest BCUT2D eigenvalue weighted by Gasteiger charge is 2.44. The fourth-order valence-corrected chi connectivity index (χ4v) is 5.14. The zero-order chi connectivity index (χ0) is 28.3. The van der Waals surface area contributed by atoms with Crippen LogP contribution in [0.3, 0.4) is 0 Å². The van der Waals surface area contributed by atoms with Gasteiger partial charge in [-0.05, 0) is 41.0 Å². The van der Waals surface area contributed by atoms with Crippen molar-refractivity contribution in [3.8, 4) is 0 Å². The Labute approximate surface area is 229 Å². The van der Waals surface area contributed by atoms with Crippen molar-refractivity contribution in [2.45, 2.75) is 38.3 Å². The number of aliphatic hydroxyl groups is 1. The molecule has 1 aliphatic heterocycles. The summed E-state index contributed by atoms with van der Waals surface area (Å²) in [7, 11) is 0. The van der Waals surface area contributed by atoms with E-state index in [0.29, 0.717) is 12.0 Å². The second kappa shape index (κ2) is 11.5. The Morgan fingerprint density at radius 1 is 1.12 bits per heavy atom. The molecule has 2 aromatic heterocycles. The number of fused-ring (bicyclic) bond motifs is 2. The predicted molar refractivity (Wildman–Crippen MR) is 146 cm³/mol. The van der Waals surface area contributed by atoms with Crippen LogP contribution in [0.4, 0.5) is 13.2 Å². The van der Waals surface area contributed by atoms with Crippen LogP contribution in [0.25, 0.3) is 10.8 Å². The minimum Gasteiger partial charge on any atom is -0.373 e. The largest absolute Gasteiger partial charge is 0.409 e. The third-order valence-corrected chi connectivity index (χ3v) is 7.20. The molecular formula is C30H28F3N5O2. The molecule has 0 radical (unpaired) electrons. The van der Waals surface area contributed by atoms with E-state index in [1.807, 2.05) is 43.3 Å². The van der Waals surface area contributed by atoms with Crippen LogP contribution < -0.4 is 10.6 Å². The quantitative estimate of drug-likeness (QED) is 0.364. The molecule has 40 heavy (non-hydrogen) atoms. The molecule has 3 heterocycles. The molecule has 7 nitrogen and oxygen atoms in total. The van der Waals surface area contributed by atoms with E-state index in [2.05, 4.69) is 25.6 Å². The normalized spacial score (nSPS) is 20.5. The number of aromatic nitrogens is 2. The van der Waals surface area contributed by atoms with E-state index in [-0.39, 0.29) is 35.5 Å². The van der Waals surface area contributed by atoms with Crippen LogP contribution in [0.2, 0.25) is 0 Å². The zero-order valence-electron chi connectivity index (χ0n) is 21.6. The van der Waals surface area contributed by atoms with Crippen LogP contribution >= 0.6 is 0 Å². The molecule has 1 amide bonds. The van der Waals surface area contributed by atoms with Crippen molar-refractivity contribution in [3.05, 3.63) is 108 Å². The summed E-state index contributed by atoms with van der Waals surface area (Å²) < 4.78 is 42.0. The molecule has 0 spiro atoms. The van der Waals surface area contributed by atoms with E-state index in [9.17, 15) is 23.1 Å². The van der Waals surface area contributed by atoms with Gasteiger partial charge in [0.05, 0.1) is 11.4 Å². The van der Waals surface area contributed by atoms with Gasteiger partial charge in [0.1, 0.15) is 18.0 Å². The molecule has 3 unspecified atom stereocenters. The van der Waals surface area contributed by atoms with Crippen molar-refractivity contribution >= 4 is 22.4 Å². The van der Waals surface area contributed by atoms with Gasteiger partial charge in [-0.3, -0.25) is 20.1 Å². The van der Waals surface area contributed by atoms with Crippen LogP contribution in [0, 0.1) is 11.8 Å². The maximum Gasteiger partial charge on any atom is 0.409 e. The molecule has 10 heteroatoms. The Balaban J connectivity index is 1.45.